The van der Waals surface area contributed by atoms with Crippen LogP contribution in [0.3, 0.4) is 0 Å². The predicted octanol–water partition coefficient (Wildman–Crippen LogP) is 2.93. The van der Waals surface area contributed by atoms with Crippen LogP contribution < -0.4 is 11.1 Å². The smallest absolute Gasteiger partial charge is 0.145 e. The highest BCUT2D eigenvalue weighted by molar-refractivity contribution is 6.35. The molecule has 1 heterocycles. The normalized spacial score (nSPS) is 27.3. The maximum atomic E-state index is 6.04. The van der Waals surface area contributed by atoms with E-state index < -0.39 is 0 Å². The highest BCUT2D eigenvalue weighted by Crippen LogP contribution is 2.41. The van der Waals surface area contributed by atoms with Crippen molar-refractivity contribution in [2.24, 2.45) is 11.1 Å². The van der Waals surface area contributed by atoms with Crippen LogP contribution in [0.25, 0.3) is 0 Å². The number of rotatable bonds is 2. The Morgan fingerprint density at radius 1 is 1.50 bits per heavy atom. The number of halogens is 2. The third kappa shape index (κ3) is 1.99. The molecule has 1 saturated carbocycles. The van der Waals surface area contributed by atoms with Crippen molar-refractivity contribution in [2.75, 3.05) is 5.32 Å². The first-order valence-electron chi connectivity index (χ1n) is 5.24. The van der Waals surface area contributed by atoms with Crippen molar-refractivity contribution < 1.29 is 0 Å². The fourth-order valence-corrected chi connectivity index (χ4v) is 2.32. The number of nitrogens with zero attached hydrogens (tertiary/aromatic N) is 1. The molecular weight excluding hydrogens is 245 g/mol. The maximum absolute atomic E-state index is 6.04. The average molecular weight is 260 g/mol. The van der Waals surface area contributed by atoms with Gasteiger partial charge >= 0.3 is 0 Å². The fraction of sp³-hybridized carbons (Fsp3) is 0.545. The van der Waals surface area contributed by atoms with Gasteiger partial charge in [-0.05, 0) is 12.5 Å². The number of pyridine rings is 1. The van der Waals surface area contributed by atoms with Crippen LogP contribution in [0.2, 0.25) is 10.0 Å². The molecule has 0 spiro atoms. The molecule has 1 aromatic heterocycles. The second-order valence-electron chi connectivity index (χ2n) is 4.84. The zero-order valence-electron chi connectivity index (χ0n) is 9.30. The molecule has 1 fully saturated rings. The lowest BCUT2D eigenvalue weighted by Gasteiger charge is -2.50. The Balaban J connectivity index is 2.11. The van der Waals surface area contributed by atoms with Crippen LogP contribution in [0.15, 0.2) is 12.3 Å². The molecule has 1 aromatic rings. The van der Waals surface area contributed by atoms with Gasteiger partial charge in [0.1, 0.15) is 5.82 Å². The van der Waals surface area contributed by atoms with Gasteiger partial charge < -0.3 is 11.1 Å². The first-order chi connectivity index (χ1) is 7.41. The van der Waals surface area contributed by atoms with E-state index in [1.807, 2.05) is 0 Å². The van der Waals surface area contributed by atoms with Gasteiger partial charge in [-0.1, -0.05) is 37.0 Å². The van der Waals surface area contributed by atoms with E-state index in [4.69, 9.17) is 28.9 Å². The van der Waals surface area contributed by atoms with Crippen LogP contribution in [0.5, 0.6) is 0 Å². The molecule has 16 heavy (non-hydrogen) atoms. The number of anilines is 1. The van der Waals surface area contributed by atoms with Crippen molar-refractivity contribution in [2.45, 2.75) is 32.4 Å². The molecule has 2 rings (SSSR count). The van der Waals surface area contributed by atoms with E-state index in [1.54, 1.807) is 12.3 Å². The lowest BCUT2D eigenvalue weighted by Crippen LogP contribution is -2.61. The van der Waals surface area contributed by atoms with Crippen molar-refractivity contribution in [1.29, 1.82) is 0 Å². The van der Waals surface area contributed by atoms with E-state index in [9.17, 15) is 0 Å². The number of hydrogen-bond donors (Lipinski definition) is 2. The summed E-state index contributed by atoms with van der Waals surface area (Å²) >= 11 is 11.8. The average Bonchev–Trinajstić information content (AvgIpc) is 2.21. The SMILES string of the molecule is CC1(C)C(N)CC1Nc1ncc(Cl)cc1Cl. The van der Waals surface area contributed by atoms with E-state index in [2.05, 4.69) is 24.1 Å². The summed E-state index contributed by atoms with van der Waals surface area (Å²) in [6.07, 6.45) is 2.52. The predicted molar refractivity (Wildman–Crippen MR) is 68.0 cm³/mol. The van der Waals surface area contributed by atoms with E-state index in [0.29, 0.717) is 21.9 Å². The molecule has 0 saturated heterocycles. The second kappa shape index (κ2) is 4.06. The Morgan fingerprint density at radius 3 is 2.69 bits per heavy atom. The third-order valence-electron chi connectivity index (χ3n) is 3.46. The summed E-state index contributed by atoms with van der Waals surface area (Å²) in [5.74, 6) is 0.677. The Hall–Kier alpha value is -0.510. The molecular formula is C11H15Cl2N3. The topological polar surface area (TPSA) is 50.9 Å². The van der Waals surface area contributed by atoms with Crippen LogP contribution >= 0.6 is 23.2 Å². The molecule has 1 aliphatic carbocycles. The lowest BCUT2D eigenvalue weighted by atomic mass is 9.63. The van der Waals surface area contributed by atoms with Gasteiger partial charge in [0.15, 0.2) is 0 Å². The lowest BCUT2D eigenvalue weighted by molar-refractivity contribution is 0.117. The number of hydrogen-bond acceptors (Lipinski definition) is 3. The third-order valence-corrected chi connectivity index (χ3v) is 3.96. The Morgan fingerprint density at radius 2 is 2.19 bits per heavy atom. The Kier molecular flexibility index (Phi) is 3.03. The van der Waals surface area contributed by atoms with Crippen molar-refractivity contribution in [1.82, 2.24) is 4.98 Å². The van der Waals surface area contributed by atoms with Gasteiger partial charge in [0.05, 0.1) is 10.0 Å². The molecule has 3 N–H and O–H groups in total. The molecule has 88 valence electrons. The number of nitrogens with one attached hydrogen (secondary N) is 1. The minimum atomic E-state index is 0.0741. The number of nitrogens with two attached hydrogens (primary N) is 1. The minimum absolute atomic E-state index is 0.0741. The van der Waals surface area contributed by atoms with Gasteiger partial charge in [-0.3, -0.25) is 0 Å². The molecule has 1 aliphatic rings. The van der Waals surface area contributed by atoms with Crippen LogP contribution in [-0.4, -0.2) is 17.1 Å². The largest absolute Gasteiger partial charge is 0.365 e. The Labute approximate surface area is 105 Å². The first-order valence-corrected chi connectivity index (χ1v) is 6.00. The molecule has 0 aromatic carbocycles. The van der Waals surface area contributed by atoms with E-state index in [-0.39, 0.29) is 11.5 Å². The zero-order chi connectivity index (χ0) is 11.9. The van der Waals surface area contributed by atoms with Gasteiger partial charge in [0, 0.05) is 23.7 Å². The van der Waals surface area contributed by atoms with E-state index in [0.717, 1.165) is 6.42 Å². The molecule has 0 aliphatic heterocycles. The highest BCUT2D eigenvalue weighted by Gasteiger charge is 2.46. The summed E-state index contributed by atoms with van der Waals surface area (Å²) in [5.41, 5.74) is 6.02. The van der Waals surface area contributed by atoms with Gasteiger partial charge in [0.2, 0.25) is 0 Å². The van der Waals surface area contributed by atoms with Gasteiger partial charge in [-0.2, -0.15) is 0 Å². The van der Waals surface area contributed by atoms with Crippen LogP contribution in [0.1, 0.15) is 20.3 Å². The summed E-state index contributed by atoms with van der Waals surface area (Å²) < 4.78 is 0. The Bertz CT molecular complexity index is 406. The maximum Gasteiger partial charge on any atom is 0.145 e. The zero-order valence-corrected chi connectivity index (χ0v) is 10.8. The van der Waals surface area contributed by atoms with Crippen LogP contribution in [0, 0.1) is 5.41 Å². The molecule has 0 amide bonds. The number of aromatic nitrogens is 1. The monoisotopic (exact) mass is 259 g/mol. The quantitative estimate of drug-likeness (QED) is 0.859. The minimum Gasteiger partial charge on any atom is -0.365 e. The highest BCUT2D eigenvalue weighted by atomic mass is 35.5. The van der Waals surface area contributed by atoms with Gasteiger partial charge in [-0.15, -0.1) is 0 Å². The van der Waals surface area contributed by atoms with Crippen LogP contribution in [-0.2, 0) is 0 Å². The standard InChI is InChI=1S/C11H15Cl2N3/c1-11(2)8(14)4-9(11)16-10-7(13)3-6(12)5-15-10/h3,5,8-9H,4,14H2,1-2H3,(H,15,16). The molecule has 2 atom stereocenters. The second-order valence-corrected chi connectivity index (χ2v) is 5.69. The fourth-order valence-electron chi connectivity index (χ4n) is 1.89. The summed E-state index contributed by atoms with van der Waals surface area (Å²) in [5, 5.41) is 4.40. The van der Waals surface area contributed by atoms with Crippen molar-refractivity contribution in [3.63, 3.8) is 0 Å². The van der Waals surface area contributed by atoms with Gasteiger partial charge in [0.25, 0.3) is 0 Å². The molecule has 2 unspecified atom stereocenters. The van der Waals surface area contributed by atoms with Crippen LogP contribution in [0.4, 0.5) is 5.82 Å². The molecule has 0 radical (unpaired) electrons. The summed E-state index contributed by atoms with van der Waals surface area (Å²) in [7, 11) is 0. The van der Waals surface area contributed by atoms with E-state index in [1.165, 1.54) is 0 Å². The molecule has 5 heteroatoms. The van der Waals surface area contributed by atoms with Crippen molar-refractivity contribution in [3.8, 4) is 0 Å². The first kappa shape index (κ1) is 12.0. The summed E-state index contributed by atoms with van der Waals surface area (Å²) in [6.45, 7) is 4.28. The van der Waals surface area contributed by atoms with Crippen molar-refractivity contribution in [3.05, 3.63) is 22.3 Å². The molecule has 0 bridgehead atoms. The summed E-state index contributed by atoms with van der Waals surface area (Å²) in [4.78, 5) is 4.17. The van der Waals surface area contributed by atoms with Crippen molar-refractivity contribution >= 4 is 29.0 Å². The van der Waals surface area contributed by atoms with Gasteiger partial charge in [-0.25, -0.2) is 4.98 Å². The van der Waals surface area contributed by atoms with E-state index >= 15 is 0 Å². The molecule has 3 nitrogen and oxygen atoms in total. The summed E-state index contributed by atoms with van der Waals surface area (Å²) in [6, 6.07) is 2.23.